The SMILES string of the molecule is CCOC(=O)c1c(-c2ccc(CC)cc2)csc1NC(=O)c1sc2ncn(Cc3ccccc3)c(=O)c2c1C. The van der Waals surface area contributed by atoms with Crippen molar-refractivity contribution in [3.05, 3.63) is 104 Å². The minimum absolute atomic E-state index is 0.196. The molecule has 1 amide bonds. The van der Waals surface area contributed by atoms with Gasteiger partial charge in [-0.25, -0.2) is 9.78 Å². The summed E-state index contributed by atoms with van der Waals surface area (Å²) in [6, 6.07) is 17.7. The molecule has 0 saturated heterocycles. The summed E-state index contributed by atoms with van der Waals surface area (Å²) in [6.45, 7) is 6.19. The third-order valence-corrected chi connectivity index (χ3v) is 8.58. The number of nitrogens with one attached hydrogen (secondary N) is 1. The van der Waals surface area contributed by atoms with Gasteiger partial charge in [0, 0.05) is 10.9 Å². The molecule has 1 N–H and O–H groups in total. The summed E-state index contributed by atoms with van der Waals surface area (Å²) < 4.78 is 6.88. The van der Waals surface area contributed by atoms with Gasteiger partial charge < -0.3 is 10.1 Å². The first-order valence-corrected chi connectivity index (χ1v) is 14.3. The number of amides is 1. The molecule has 2 aromatic carbocycles. The average molecular weight is 558 g/mol. The largest absolute Gasteiger partial charge is 0.462 e. The highest BCUT2D eigenvalue weighted by Gasteiger charge is 2.25. The number of benzene rings is 2. The number of carbonyl (C=O) groups is 2. The Hall–Kier alpha value is -4.08. The van der Waals surface area contributed by atoms with E-state index in [1.54, 1.807) is 18.4 Å². The van der Waals surface area contributed by atoms with Crippen molar-refractivity contribution in [3.63, 3.8) is 0 Å². The van der Waals surface area contributed by atoms with E-state index in [1.165, 1.54) is 23.2 Å². The van der Waals surface area contributed by atoms with E-state index < -0.39 is 11.9 Å². The van der Waals surface area contributed by atoms with Gasteiger partial charge in [0.1, 0.15) is 15.4 Å². The molecule has 0 aliphatic rings. The maximum atomic E-state index is 13.5. The molecule has 7 nitrogen and oxygen atoms in total. The Balaban J connectivity index is 1.48. The molecular weight excluding hydrogens is 530 g/mol. The first kappa shape index (κ1) is 26.5. The van der Waals surface area contributed by atoms with Crippen molar-refractivity contribution >= 4 is 49.8 Å². The van der Waals surface area contributed by atoms with Crippen LogP contribution in [0, 0.1) is 6.92 Å². The van der Waals surface area contributed by atoms with Gasteiger partial charge in [0.15, 0.2) is 0 Å². The molecule has 0 bridgehead atoms. The molecule has 3 heterocycles. The highest BCUT2D eigenvalue weighted by atomic mass is 32.1. The molecule has 0 spiro atoms. The molecule has 39 heavy (non-hydrogen) atoms. The number of hydrogen-bond acceptors (Lipinski definition) is 7. The van der Waals surface area contributed by atoms with E-state index >= 15 is 0 Å². The minimum atomic E-state index is -0.498. The Morgan fingerprint density at radius 2 is 1.77 bits per heavy atom. The number of fused-ring (bicyclic) bond motifs is 1. The maximum Gasteiger partial charge on any atom is 0.341 e. The van der Waals surface area contributed by atoms with Gasteiger partial charge in [-0.05, 0) is 42.5 Å². The van der Waals surface area contributed by atoms with Gasteiger partial charge in [-0.3, -0.25) is 14.2 Å². The second kappa shape index (κ2) is 11.3. The highest BCUT2D eigenvalue weighted by Crippen LogP contribution is 2.37. The van der Waals surface area contributed by atoms with Crippen LogP contribution < -0.4 is 10.9 Å². The molecule has 0 radical (unpaired) electrons. The monoisotopic (exact) mass is 557 g/mol. The zero-order valence-electron chi connectivity index (χ0n) is 21.8. The van der Waals surface area contributed by atoms with Crippen LogP contribution in [0.5, 0.6) is 0 Å². The van der Waals surface area contributed by atoms with Crippen LogP contribution >= 0.6 is 22.7 Å². The lowest BCUT2D eigenvalue weighted by Crippen LogP contribution is -2.21. The number of aromatic nitrogens is 2. The lowest BCUT2D eigenvalue weighted by molar-refractivity contribution is 0.0529. The van der Waals surface area contributed by atoms with Gasteiger partial charge >= 0.3 is 5.97 Å². The Bertz CT molecular complexity index is 1720. The predicted molar refractivity (Wildman–Crippen MR) is 157 cm³/mol. The molecule has 5 aromatic rings. The fourth-order valence-corrected chi connectivity index (χ4v) is 6.40. The second-order valence-electron chi connectivity index (χ2n) is 8.98. The van der Waals surface area contributed by atoms with E-state index in [4.69, 9.17) is 4.74 Å². The molecule has 0 saturated carbocycles. The molecule has 0 fully saturated rings. The lowest BCUT2D eigenvalue weighted by atomic mass is 10.0. The summed E-state index contributed by atoms with van der Waals surface area (Å²) >= 11 is 2.43. The summed E-state index contributed by atoms with van der Waals surface area (Å²) in [5, 5.41) is 5.59. The van der Waals surface area contributed by atoms with E-state index in [1.807, 2.05) is 60.0 Å². The summed E-state index contributed by atoms with van der Waals surface area (Å²) in [5.74, 6) is -0.896. The van der Waals surface area contributed by atoms with Crippen molar-refractivity contribution in [1.82, 2.24) is 9.55 Å². The van der Waals surface area contributed by atoms with Gasteiger partial charge in [0.05, 0.1) is 29.7 Å². The molecule has 0 aliphatic carbocycles. The van der Waals surface area contributed by atoms with Gasteiger partial charge in [-0.15, -0.1) is 22.7 Å². The lowest BCUT2D eigenvalue weighted by Gasteiger charge is -2.09. The third-order valence-electron chi connectivity index (χ3n) is 6.49. The molecule has 9 heteroatoms. The van der Waals surface area contributed by atoms with Crippen LogP contribution in [0.25, 0.3) is 21.3 Å². The Morgan fingerprint density at radius 1 is 1.03 bits per heavy atom. The number of esters is 1. The van der Waals surface area contributed by atoms with Crippen LogP contribution in [0.1, 0.15) is 50.6 Å². The number of hydrogen-bond donors (Lipinski definition) is 1. The van der Waals surface area contributed by atoms with E-state index in [0.717, 1.165) is 28.9 Å². The van der Waals surface area contributed by atoms with Crippen LogP contribution in [0.15, 0.2) is 71.1 Å². The zero-order valence-corrected chi connectivity index (χ0v) is 23.4. The van der Waals surface area contributed by atoms with Crippen molar-refractivity contribution in [2.75, 3.05) is 11.9 Å². The predicted octanol–water partition coefficient (Wildman–Crippen LogP) is 6.53. The van der Waals surface area contributed by atoms with E-state index in [-0.39, 0.29) is 12.2 Å². The average Bonchev–Trinajstić information content (AvgIpc) is 3.52. The number of thiophene rings is 2. The van der Waals surface area contributed by atoms with Crippen molar-refractivity contribution in [2.24, 2.45) is 0 Å². The van der Waals surface area contributed by atoms with E-state index in [2.05, 4.69) is 17.2 Å². The van der Waals surface area contributed by atoms with Crippen molar-refractivity contribution in [2.45, 2.75) is 33.7 Å². The summed E-state index contributed by atoms with van der Waals surface area (Å²) in [5.41, 5.74) is 4.44. The number of anilines is 1. The van der Waals surface area contributed by atoms with Gasteiger partial charge in [-0.2, -0.15) is 0 Å². The fourth-order valence-electron chi connectivity index (χ4n) is 4.42. The fraction of sp³-hybridized carbons (Fsp3) is 0.200. The van der Waals surface area contributed by atoms with Crippen LogP contribution in [0.2, 0.25) is 0 Å². The molecule has 5 rings (SSSR count). The first-order valence-electron chi connectivity index (χ1n) is 12.6. The molecule has 0 unspecified atom stereocenters. The van der Waals surface area contributed by atoms with Crippen LogP contribution in [0.3, 0.4) is 0 Å². The summed E-state index contributed by atoms with van der Waals surface area (Å²) in [4.78, 5) is 45.1. The van der Waals surface area contributed by atoms with Crippen molar-refractivity contribution in [3.8, 4) is 11.1 Å². The number of nitrogens with zero attached hydrogens (tertiary/aromatic N) is 2. The topological polar surface area (TPSA) is 90.3 Å². The number of carbonyl (C=O) groups excluding carboxylic acids is 2. The smallest absolute Gasteiger partial charge is 0.341 e. The first-order chi connectivity index (χ1) is 18.9. The quantitative estimate of drug-likeness (QED) is 0.219. The normalized spacial score (nSPS) is 11.1. The van der Waals surface area contributed by atoms with Gasteiger partial charge in [-0.1, -0.05) is 61.5 Å². The molecular formula is C30H27N3O4S2. The van der Waals surface area contributed by atoms with E-state index in [9.17, 15) is 14.4 Å². The van der Waals surface area contributed by atoms with Crippen molar-refractivity contribution < 1.29 is 14.3 Å². The summed E-state index contributed by atoms with van der Waals surface area (Å²) in [6.07, 6.45) is 2.43. The van der Waals surface area contributed by atoms with E-state index in [0.29, 0.717) is 43.3 Å². The van der Waals surface area contributed by atoms with Gasteiger partial charge in [0.2, 0.25) is 0 Å². The molecule has 0 atom stereocenters. The maximum absolute atomic E-state index is 13.5. The minimum Gasteiger partial charge on any atom is -0.462 e. The third kappa shape index (κ3) is 5.28. The zero-order chi connectivity index (χ0) is 27.5. The Labute approximate surface area is 233 Å². The number of aryl methyl sites for hydroxylation is 2. The molecule has 198 valence electrons. The molecule has 3 aromatic heterocycles. The van der Waals surface area contributed by atoms with Crippen LogP contribution in [0.4, 0.5) is 5.00 Å². The molecule has 0 aliphatic heterocycles. The Kier molecular flexibility index (Phi) is 7.72. The van der Waals surface area contributed by atoms with Crippen LogP contribution in [-0.2, 0) is 17.7 Å². The van der Waals surface area contributed by atoms with Crippen LogP contribution in [-0.4, -0.2) is 28.0 Å². The van der Waals surface area contributed by atoms with Crippen molar-refractivity contribution in [1.29, 1.82) is 0 Å². The van der Waals surface area contributed by atoms with Gasteiger partial charge in [0.25, 0.3) is 11.5 Å². The standard InChI is InChI=1S/C30H27N3O4S2/c1-4-19-11-13-21(14-12-19)22-16-38-28(24(22)30(36)37-5-2)32-26(34)25-18(3)23-27(39-25)31-17-33(29(23)35)15-20-9-7-6-8-10-20/h6-14,16-17H,4-5,15H2,1-3H3,(H,32,34). The summed E-state index contributed by atoms with van der Waals surface area (Å²) in [7, 11) is 0. The second-order valence-corrected chi connectivity index (χ2v) is 10.9. The highest BCUT2D eigenvalue weighted by molar-refractivity contribution is 7.21. The number of ether oxygens (including phenoxy) is 1. The Morgan fingerprint density at radius 3 is 2.46 bits per heavy atom. The number of rotatable bonds is 8.